The normalized spacial score (nSPS) is 11.2. The largest absolute Gasteiger partial charge is 0.506 e. The van der Waals surface area contributed by atoms with E-state index in [1.54, 1.807) is 37.3 Å². The first kappa shape index (κ1) is 16.8. The lowest BCUT2D eigenvalue weighted by molar-refractivity contribution is 0.102. The molecule has 2 aromatic heterocycles. The summed E-state index contributed by atoms with van der Waals surface area (Å²) in [7, 11) is 0. The lowest BCUT2D eigenvalue weighted by atomic mass is 10.1. The zero-order valence-corrected chi connectivity index (χ0v) is 14.3. The van der Waals surface area contributed by atoms with Gasteiger partial charge in [-0.25, -0.2) is 0 Å². The topological polar surface area (TPSA) is 100 Å². The molecule has 2 heterocycles. The van der Waals surface area contributed by atoms with Crippen molar-refractivity contribution in [2.45, 2.75) is 27.3 Å². The predicted molar refractivity (Wildman–Crippen MR) is 96.0 cm³/mol. The molecule has 1 amide bonds. The third-order valence-corrected chi connectivity index (χ3v) is 3.87. The number of para-hydroxylation sites is 1. The molecular formula is C18H20N4O3. The van der Waals surface area contributed by atoms with E-state index < -0.39 is 11.5 Å². The van der Waals surface area contributed by atoms with Crippen LogP contribution < -0.4 is 10.9 Å². The predicted octanol–water partition coefficient (Wildman–Crippen LogP) is 2.65. The molecule has 0 bridgehead atoms. The Morgan fingerprint density at radius 3 is 2.72 bits per heavy atom. The summed E-state index contributed by atoms with van der Waals surface area (Å²) in [4.78, 5) is 25.5. The lowest BCUT2D eigenvalue weighted by Crippen LogP contribution is -2.31. The fraction of sp³-hybridized carbons (Fsp3) is 0.278. The Hall–Kier alpha value is -3.09. The summed E-state index contributed by atoms with van der Waals surface area (Å²) < 4.78 is 1.53. The standard InChI is InChI=1S/C18H20N4O3/c1-10(2)9-22-13-7-5-4-6-12(13)16(23)15(18(22)25)17(24)19-14-8-11(3)20-21-14/h4-8,10,23H,9H2,1-3H3,(H2,19,20,21,24). The van der Waals surface area contributed by atoms with Gasteiger partial charge in [0, 0.05) is 23.7 Å². The number of rotatable bonds is 4. The molecule has 0 aliphatic heterocycles. The molecule has 0 saturated heterocycles. The number of aromatic amines is 1. The number of anilines is 1. The SMILES string of the molecule is Cc1cc(NC(=O)c2c(O)c3ccccc3n(CC(C)C)c2=O)n[nH]1. The maximum absolute atomic E-state index is 12.9. The number of aryl methyl sites for hydroxylation is 1. The number of aromatic nitrogens is 3. The molecular weight excluding hydrogens is 320 g/mol. The van der Waals surface area contributed by atoms with Crippen molar-refractivity contribution < 1.29 is 9.90 Å². The summed E-state index contributed by atoms with van der Waals surface area (Å²) in [6.45, 7) is 6.22. The molecule has 0 unspecified atom stereocenters. The van der Waals surface area contributed by atoms with Crippen LogP contribution in [0.25, 0.3) is 10.9 Å². The minimum absolute atomic E-state index is 0.204. The minimum atomic E-state index is -0.683. The first-order chi connectivity index (χ1) is 11.9. The Morgan fingerprint density at radius 2 is 2.08 bits per heavy atom. The molecule has 7 nitrogen and oxygen atoms in total. The van der Waals surface area contributed by atoms with Gasteiger partial charge in [0.25, 0.3) is 11.5 Å². The van der Waals surface area contributed by atoms with Crippen LogP contribution >= 0.6 is 0 Å². The van der Waals surface area contributed by atoms with Crippen molar-refractivity contribution in [1.29, 1.82) is 0 Å². The second-order valence-corrected chi connectivity index (χ2v) is 6.44. The Bertz CT molecular complexity index is 1000. The molecule has 0 spiro atoms. The van der Waals surface area contributed by atoms with E-state index in [0.29, 0.717) is 23.3 Å². The Morgan fingerprint density at radius 1 is 1.36 bits per heavy atom. The number of amides is 1. The van der Waals surface area contributed by atoms with Crippen LogP contribution in [0.5, 0.6) is 5.75 Å². The number of benzene rings is 1. The molecule has 0 saturated carbocycles. The highest BCUT2D eigenvalue weighted by atomic mass is 16.3. The molecule has 3 rings (SSSR count). The second-order valence-electron chi connectivity index (χ2n) is 6.44. The van der Waals surface area contributed by atoms with Crippen molar-refractivity contribution in [3.8, 4) is 5.75 Å². The van der Waals surface area contributed by atoms with Gasteiger partial charge in [0.2, 0.25) is 0 Å². The van der Waals surface area contributed by atoms with Crippen molar-refractivity contribution >= 4 is 22.6 Å². The molecule has 3 aromatic rings. The highest BCUT2D eigenvalue weighted by molar-refractivity contribution is 6.08. The number of nitrogens with one attached hydrogen (secondary N) is 2. The van der Waals surface area contributed by atoms with Gasteiger partial charge in [-0.3, -0.25) is 14.7 Å². The van der Waals surface area contributed by atoms with E-state index >= 15 is 0 Å². The zero-order chi connectivity index (χ0) is 18.1. The number of aromatic hydroxyl groups is 1. The number of H-pyrrole nitrogens is 1. The third-order valence-electron chi connectivity index (χ3n) is 3.87. The van der Waals surface area contributed by atoms with Crippen LogP contribution in [0.4, 0.5) is 5.82 Å². The van der Waals surface area contributed by atoms with E-state index in [2.05, 4.69) is 15.5 Å². The van der Waals surface area contributed by atoms with Crippen molar-refractivity contribution in [2.24, 2.45) is 5.92 Å². The molecule has 0 aliphatic carbocycles. The van der Waals surface area contributed by atoms with Crippen LogP contribution in [-0.4, -0.2) is 25.8 Å². The van der Waals surface area contributed by atoms with Crippen LogP contribution in [0.3, 0.4) is 0 Å². The smallest absolute Gasteiger partial charge is 0.267 e. The molecule has 130 valence electrons. The summed E-state index contributed by atoms with van der Waals surface area (Å²) in [6.07, 6.45) is 0. The number of nitrogens with zero attached hydrogens (tertiary/aromatic N) is 2. The first-order valence-corrected chi connectivity index (χ1v) is 8.06. The highest BCUT2D eigenvalue weighted by Crippen LogP contribution is 2.27. The average molecular weight is 340 g/mol. The Labute approximate surface area is 144 Å². The number of hydrogen-bond acceptors (Lipinski definition) is 4. The number of carbonyl (C=O) groups is 1. The Kier molecular flexibility index (Phi) is 4.31. The zero-order valence-electron chi connectivity index (χ0n) is 14.3. The van der Waals surface area contributed by atoms with Crippen molar-refractivity contribution in [1.82, 2.24) is 14.8 Å². The quantitative estimate of drug-likeness (QED) is 0.680. The summed E-state index contributed by atoms with van der Waals surface area (Å²) in [5.74, 6) is -0.497. The van der Waals surface area contributed by atoms with Crippen molar-refractivity contribution in [3.05, 3.63) is 51.9 Å². The highest BCUT2D eigenvalue weighted by Gasteiger charge is 2.23. The molecule has 1 aromatic carbocycles. The van der Waals surface area contributed by atoms with Gasteiger partial charge in [0.1, 0.15) is 11.3 Å². The molecule has 0 radical (unpaired) electrons. The second kappa shape index (κ2) is 6.43. The van der Waals surface area contributed by atoms with E-state index in [-0.39, 0.29) is 17.2 Å². The van der Waals surface area contributed by atoms with Crippen LogP contribution in [0.2, 0.25) is 0 Å². The van der Waals surface area contributed by atoms with Crippen molar-refractivity contribution in [3.63, 3.8) is 0 Å². The monoisotopic (exact) mass is 340 g/mol. The number of hydrogen-bond donors (Lipinski definition) is 3. The molecule has 3 N–H and O–H groups in total. The number of pyridine rings is 1. The third kappa shape index (κ3) is 3.13. The summed E-state index contributed by atoms with van der Waals surface area (Å²) >= 11 is 0. The van der Waals surface area contributed by atoms with E-state index in [4.69, 9.17) is 0 Å². The fourth-order valence-corrected chi connectivity index (χ4v) is 2.80. The maximum atomic E-state index is 12.9. The Balaban J connectivity index is 2.17. The van der Waals surface area contributed by atoms with Gasteiger partial charge in [0.05, 0.1) is 5.52 Å². The minimum Gasteiger partial charge on any atom is -0.506 e. The van der Waals surface area contributed by atoms with Gasteiger partial charge in [-0.15, -0.1) is 0 Å². The van der Waals surface area contributed by atoms with Crippen LogP contribution in [-0.2, 0) is 6.54 Å². The van der Waals surface area contributed by atoms with E-state index in [9.17, 15) is 14.7 Å². The van der Waals surface area contributed by atoms with Gasteiger partial charge in [0.15, 0.2) is 5.82 Å². The van der Waals surface area contributed by atoms with Gasteiger partial charge in [-0.05, 0) is 25.0 Å². The molecule has 7 heteroatoms. The maximum Gasteiger partial charge on any atom is 0.267 e. The van der Waals surface area contributed by atoms with Crippen LogP contribution in [0, 0.1) is 12.8 Å². The first-order valence-electron chi connectivity index (χ1n) is 8.06. The van der Waals surface area contributed by atoms with Crippen LogP contribution in [0.1, 0.15) is 29.9 Å². The van der Waals surface area contributed by atoms with Gasteiger partial charge < -0.3 is 15.0 Å². The number of fused-ring (bicyclic) bond motifs is 1. The van der Waals surface area contributed by atoms with Crippen LogP contribution in [0.15, 0.2) is 35.1 Å². The molecule has 0 aliphatic rings. The van der Waals surface area contributed by atoms with Gasteiger partial charge in [-0.2, -0.15) is 5.10 Å². The molecule has 25 heavy (non-hydrogen) atoms. The van der Waals surface area contributed by atoms with Crippen molar-refractivity contribution in [2.75, 3.05) is 5.32 Å². The molecule has 0 atom stereocenters. The average Bonchev–Trinajstić information content (AvgIpc) is 2.96. The van der Waals surface area contributed by atoms with Gasteiger partial charge in [-0.1, -0.05) is 26.0 Å². The lowest BCUT2D eigenvalue weighted by Gasteiger charge is -2.16. The summed E-state index contributed by atoms with van der Waals surface area (Å²) in [6, 6.07) is 8.64. The summed E-state index contributed by atoms with van der Waals surface area (Å²) in [5.41, 5.74) is 0.579. The van der Waals surface area contributed by atoms with E-state index in [1.165, 1.54) is 4.57 Å². The van der Waals surface area contributed by atoms with E-state index in [0.717, 1.165) is 5.69 Å². The van der Waals surface area contributed by atoms with E-state index in [1.807, 2.05) is 13.8 Å². The molecule has 0 fully saturated rings. The summed E-state index contributed by atoms with van der Waals surface area (Å²) in [5, 5.41) is 20.2. The fourth-order valence-electron chi connectivity index (χ4n) is 2.80. The number of carbonyl (C=O) groups excluding carboxylic acids is 1. The van der Waals surface area contributed by atoms with Gasteiger partial charge >= 0.3 is 0 Å².